The molecule has 0 aliphatic carbocycles. The number of thiophene rings is 1. The zero-order valence-electron chi connectivity index (χ0n) is 34.4. The largest absolute Gasteiger partial charge is 0.309 e. The summed E-state index contributed by atoms with van der Waals surface area (Å²) >= 11 is 1.88. The molecule has 0 radical (unpaired) electrons. The summed E-state index contributed by atoms with van der Waals surface area (Å²) in [5, 5.41) is 4.97. The van der Waals surface area contributed by atoms with E-state index in [0.717, 1.165) is 39.3 Å². The van der Waals surface area contributed by atoms with E-state index in [4.69, 9.17) is 0 Å². The molecule has 0 spiro atoms. The maximum absolute atomic E-state index is 2.53. The minimum absolute atomic E-state index is 1.11. The second-order valence-electron chi connectivity index (χ2n) is 16.0. The van der Waals surface area contributed by atoms with Gasteiger partial charge in [0.05, 0.1) is 33.8 Å². The van der Waals surface area contributed by atoms with E-state index in [1.54, 1.807) is 0 Å². The third-order valence-electron chi connectivity index (χ3n) is 12.4. The molecule has 0 saturated heterocycles. The van der Waals surface area contributed by atoms with Crippen LogP contribution in [-0.4, -0.2) is 4.57 Å². The molecule has 63 heavy (non-hydrogen) atoms. The summed E-state index contributed by atoms with van der Waals surface area (Å²) in [4.78, 5) is 2.53. The van der Waals surface area contributed by atoms with Crippen molar-refractivity contribution in [2.75, 3.05) is 4.90 Å². The zero-order chi connectivity index (χ0) is 41.7. The van der Waals surface area contributed by atoms with Crippen LogP contribution in [0.25, 0.3) is 92.2 Å². The van der Waals surface area contributed by atoms with E-state index >= 15 is 0 Å². The van der Waals surface area contributed by atoms with Crippen LogP contribution >= 0.6 is 11.3 Å². The Hall–Kier alpha value is -7.98. The Bertz CT molecular complexity index is 3620. The number of hydrogen-bond donors (Lipinski definition) is 0. The van der Waals surface area contributed by atoms with Crippen molar-refractivity contribution < 1.29 is 0 Å². The molecule has 0 amide bonds. The molecule has 0 N–H and O–H groups in total. The van der Waals surface area contributed by atoms with Gasteiger partial charge in [0.2, 0.25) is 0 Å². The highest BCUT2D eigenvalue weighted by Crippen LogP contribution is 2.51. The van der Waals surface area contributed by atoms with E-state index in [-0.39, 0.29) is 0 Å². The highest BCUT2D eigenvalue weighted by Gasteiger charge is 2.26. The average molecular weight is 821 g/mol. The van der Waals surface area contributed by atoms with Crippen molar-refractivity contribution in [2.45, 2.75) is 0 Å². The van der Waals surface area contributed by atoms with Gasteiger partial charge in [0.15, 0.2) is 0 Å². The van der Waals surface area contributed by atoms with Gasteiger partial charge < -0.3 is 9.47 Å². The van der Waals surface area contributed by atoms with Crippen molar-refractivity contribution in [1.82, 2.24) is 4.57 Å². The van der Waals surface area contributed by atoms with Gasteiger partial charge in [-0.1, -0.05) is 200 Å². The maximum Gasteiger partial charge on any atom is 0.0562 e. The molecule has 12 rings (SSSR count). The smallest absolute Gasteiger partial charge is 0.0562 e. The van der Waals surface area contributed by atoms with E-state index in [1.165, 1.54) is 69.9 Å². The molecule has 2 aromatic heterocycles. The lowest BCUT2D eigenvalue weighted by Crippen LogP contribution is -2.13. The molecule has 10 aromatic carbocycles. The fourth-order valence-electron chi connectivity index (χ4n) is 9.61. The standard InChI is InChI=1S/C60H40N2S/c1-4-20-41(21-5-1)44-38-39-46(43-24-8-3-9-25-43)57(40-44)62-54-34-16-12-29-51(54)59-55(35-19-36-56(59)62)61(52-32-14-10-26-45(52)42-22-6-2-7-23-42)53-33-15-11-27-47(53)49-30-18-31-50-48-28-13-17-37-58(48)63-60(49)50/h1-40H. The van der Waals surface area contributed by atoms with Gasteiger partial charge in [-0.3, -0.25) is 0 Å². The fourth-order valence-corrected chi connectivity index (χ4v) is 10.8. The second kappa shape index (κ2) is 15.5. The fraction of sp³-hybridized carbons (Fsp3) is 0. The molecule has 2 heterocycles. The first kappa shape index (κ1) is 36.8. The van der Waals surface area contributed by atoms with Gasteiger partial charge in [0, 0.05) is 53.2 Å². The van der Waals surface area contributed by atoms with Crippen LogP contribution < -0.4 is 4.90 Å². The van der Waals surface area contributed by atoms with Crippen molar-refractivity contribution in [2.24, 2.45) is 0 Å². The van der Waals surface area contributed by atoms with Gasteiger partial charge in [0.25, 0.3) is 0 Å². The number of anilines is 3. The molecule has 296 valence electrons. The molecular weight excluding hydrogens is 781 g/mol. The van der Waals surface area contributed by atoms with Gasteiger partial charge in [0.1, 0.15) is 0 Å². The van der Waals surface area contributed by atoms with Crippen LogP contribution in [0.1, 0.15) is 0 Å². The van der Waals surface area contributed by atoms with Gasteiger partial charge in [-0.05, 0) is 64.7 Å². The number of hydrogen-bond acceptors (Lipinski definition) is 2. The summed E-state index contributed by atoms with van der Waals surface area (Å²) < 4.78 is 5.09. The Balaban J connectivity index is 1.18. The normalized spacial score (nSPS) is 11.5. The van der Waals surface area contributed by atoms with E-state index in [9.17, 15) is 0 Å². The van der Waals surface area contributed by atoms with Gasteiger partial charge in [-0.25, -0.2) is 0 Å². The predicted molar refractivity (Wildman–Crippen MR) is 270 cm³/mol. The number of para-hydroxylation sites is 3. The summed E-state index contributed by atoms with van der Waals surface area (Å²) in [6, 6.07) is 88.5. The van der Waals surface area contributed by atoms with Crippen molar-refractivity contribution >= 4 is 70.4 Å². The molecule has 0 aliphatic heterocycles. The molecule has 0 fully saturated rings. The lowest BCUT2D eigenvalue weighted by atomic mass is 9.97. The molecule has 0 unspecified atom stereocenters. The molecule has 2 nitrogen and oxygen atoms in total. The summed E-state index contributed by atoms with van der Waals surface area (Å²) in [6.07, 6.45) is 0. The van der Waals surface area contributed by atoms with E-state index in [0.29, 0.717) is 0 Å². The van der Waals surface area contributed by atoms with Gasteiger partial charge >= 0.3 is 0 Å². The first-order chi connectivity index (χ1) is 31.3. The van der Waals surface area contributed by atoms with Crippen LogP contribution in [0.4, 0.5) is 17.1 Å². The first-order valence-electron chi connectivity index (χ1n) is 21.5. The Morgan fingerprint density at radius 1 is 0.317 bits per heavy atom. The van der Waals surface area contributed by atoms with Crippen molar-refractivity contribution in [3.05, 3.63) is 243 Å². The van der Waals surface area contributed by atoms with E-state index < -0.39 is 0 Å². The Labute approximate surface area is 370 Å². The Morgan fingerprint density at radius 3 is 1.60 bits per heavy atom. The van der Waals surface area contributed by atoms with Crippen LogP contribution in [0.5, 0.6) is 0 Å². The summed E-state index contributed by atoms with van der Waals surface area (Å²) in [5.74, 6) is 0. The lowest BCUT2D eigenvalue weighted by Gasteiger charge is -2.30. The van der Waals surface area contributed by atoms with Gasteiger partial charge in [-0.15, -0.1) is 11.3 Å². The Kier molecular flexibility index (Phi) is 9.06. The van der Waals surface area contributed by atoms with Crippen LogP contribution in [-0.2, 0) is 0 Å². The summed E-state index contributed by atoms with van der Waals surface area (Å²) in [7, 11) is 0. The molecule has 0 saturated carbocycles. The van der Waals surface area contributed by atoms with Crippen LogP contribution in [0.15, 0.2) is 243 Å². The second-order valence-corrected chi connectivity index (χ2v) is 17.1. The molecule has 3 heteroatoms. The van der Waals surface area contributed by atoms with Crippen molar-refractivity contribution in [3.63, 3.8) is 0 Å². The number of aromatic nitrogens is 1. The number of fused-ring (bicyclic) bond motifs is 6. The molecular formula is C60H40N2S. The topological polar surface area (TPSA) is 8.17 Å². The van der Waals surface area contributed by atoms with Crippen molar-refractivity contribution in [3.8, 4) is 50.2 Å². The maximum atomic E-state index is 2.53. The third-order valence-corrected chi connectivity index (χ3v) is 13.6. The average Bonchev–Trinajstić information content (AvgIpc) is 3.92. The SMILES string of the molecule is c1ccc(-c2ccc(-c3ccccc3)c(-n3c4ccccc4c4c(N(c5ccccc5-c5ccccc5)c5ccccc5-c5cccc6c5sc5ccccc56)cccc43)c2)cc1. The molecule has 12 aromatic rings. The minimum atomic E-state index is 1.11. The molecule has 0 bridgehead atoms. The minimum Gasteiger partial charge on any atom is -0.309 e. The van der Waals surface area contributed by atoms with E-state index in [1.807, 2.05) is 11.3 Å². The monoisotopic (exact) mass is 820 g/mol. The molecule has 0 atom stereocenters. The first-order valence-corrected chi connectivity index (χ1v) is 22.3. The van der Waals surface area contributed by atoms with Gasteiger partial charge in [-0.2, -0.15) is 0 Å². The third kappa shape index (κ3) is 6.24. The van der Waals surface area contributed by atoms with Crippen LogP contribution in [0.3, 0.4) is 0 Å². The van der Waals surface area contributed by atoms with E-state index in [2.05, 4.69) is 252 Å². The Morgan fingerprint density at radius 2 is 0.841 bits per heavy atom. The molecule has 0 aliphatic rings. The highest BCUT2D eigenvalue weighted by molar-refractivity contribution is 7.26. The van der Waals surface area contributed by atoms with Crippen LogP contribution in [0, 0.1) is 0 Å². The number of rotatable bonds is 8. The van der Waals surface area contributed by atoms with Crippen LogP contribution in [0.2, 0.25) is 0 Å². The van der Waals surface area contributed by atoms with Crippen molar-refractivity contribution in [1.29, 1.82) is 0 Å². The quantitative estimate of drug-likeness (QED) is 0.148. The zero-order valence-corrected chi connectivity index (χ0v) is 35.2. The number of benzene rings is 10. The number of nitrogens with zero attached hydrogens (tertiary/aromatic N) is 2. The predicted octanol–water partition coefficient (Wildman–Crippen LogP) is 17.3. The summed E-state index contributed by atoms with van der Waals surface area (Å²) in [6.45, 7) is 0. The summed E-state index contributed by atoms with van der Waals surface area (Å²) in [5.41, 5.74) is 16.2. The highest BCUT2D eigenvalue weighted by atomic mass is 32.1. The lowest BCUT2D eigenvalue weighted by molar-refractivity contribution is 1.18.